The third kappa shape index (κ3) is 4.08. The smallest absolute Gasteiger partial charge is 0.408 e. The number of carbonyl (C=O) groups is 1. The molecule has 178 valence electrons. The number of ether oxygens (including phenoxy) is 2. The van der Waals surface area contributed by atoms with Crippen molar-refractivity contribution >= 4 is 23.5 Å². The van der Waals surface area contributed by atoms with Crippen molar-refractivity contribution in [2.24, 2.45) is 0 Å². The van der Waals surface area contributed by atoms with Crippen LogP contribution in [0.25, 0.3) is 11.3 Å². The zero-order chi connectivity index (χ0) is 24.0. The second kappa shape index (κ2) is 8.61. The van der Waals surface area contributed by atoms with E-state index in [0.717, 1.165) is 12.8 Å². The first-order chi connectivity index (χ1) is 15.6. The quantitative estimate of drug-likeness (QED) is 0.596. The fourth-order valence-electron chi connectivity index (χ4n) is 5.46. The average Bonchev–Trinajstić information content (AvgIpc) is 2.95. The molecule has 1 amide bonds. The van der Waals surface area contributed by atoms with Crippen molar-refractivity contribution in [1.29, 1.82) is 0 Å². The highest BCUT2D eigenvalue weighted by Gasteiger charge is 2.58. The van der Waals surface area contributed by atoms with Crippen LogP contribution in [0.5, 0.6) is 5.75 Å². The van der Waals surface area contributed by atoms with Crippen LogP contribution in [0.3, 0.4) is 0 Å². The van der Waals surface area contributed by atoms with E-state index in [9.17, 15) is 14.3 Å². The summed E-state index contributed by atoms with van der Waals surface area (Å²) in [6, 6.07) is 6.77. The van der Waals surface area contributed by atoms with Gasteiger partial charge in [0.1, 0.15) is 0 Å². The monoisotopic (exact) mass is 478 g/mol. The Hall–Kier alpha value is -2.65. The summed E-state index contributed by atoms with van der Waals surface area (Å²) >= 11 is 5.91. The molecule has 2 saturated heterocycles. The van der Waals surface area contributed by atoms with Gasteiger partial charge in [-0.1, -0.05) is 11.6 Å². The molecule has 3 atom stereocenters. The molecule has 4 rings (SSSR count). The first kappa shape index (κ1) is 23.5. The number of methoxy groups -OCH3 is 1. The van der Waals surface area contributed by atoms with E-state index in [1.807, 2.05) is 27.0 Å². The predicted octanol–water partition coefficient (Wildman–Crippen LogP) is 4.81. The van der Waals surface area contributed by atoms with Gasteiger partial charge in [0.25, 0.3) is 0 Å². The molecule has 2 aliphatic rings. The Morgan fingerprint density at radius 2 is 1.91 bits per heavy atom. The van der Waals surface area contributed by atoms with Gasteiger partial charge in [0.2, 0.25) is 0 Å². The minimum absolute atomic E-state index is 0.0433. The van der Waals surface area contributed by atoms with Crippen LogP contribution >= 0.6 is 11.6 Å². The van der Waals surface area contributed by atoms with E-state index in [1.165, 1.54) is 13.2 Å². The molecule has 1 aromatic carbocycles. The van der Waals surface area contributed by atoms with E-state index >= 15 is 0 Å². The summed E-state index contributed by atoms with van der Waals surface area (Å²) in [5, 5.41) is 18.4. The van der Waals surface area contributed by atoms with Crippen molar-refractivity contribution in [1.82, 2.24) is 15.1 Å². The molecule has 10 heteroatoms. The van der Waals surface area contributed by atoms with Gasteiger partial charge in [-0.25, -0.2) is 9.18 Å². The summed E-state index contributed by atoms with van der Waals surface area (Å²) in [7, 11) is 3.40. The van der Waals surface area contributed by atoms with Gasteiger partial charge < -0.3 is 19.5 Å². The van der Waals surface area contributed by atoms with Crippen LogP contribution in [0, 0.1) is 5.82 Å². The summed E-state index contributed by atoms with van der Waals surface area (Å²) in [5.41, 5.74) is 0.0519. The van der Waals surface area contributed by atoms with Gasteiger partial charge in [0.05, 0.1) is 10.7 Å². The molecule has 0 saturated carbocycles. The van der Waals surface area contributed by atoms with Gasteiger partial charge in [-0.15, -0.1) is 10.2 Å². The lowest BCUT2D eigenvalue weighted by Gasteiger charge is -2.51. The van der Waals surface area contributed by atoms with E-state index in [1.54, 1.807) is 17.0 Å². The number of amides is 1. The molecule has 0 aliphatic carbocycles. The van der Waals surface area contributed by atoms with Crippen molar-refractivity contribution in [2.75, 3.05) is 25.9 Å². The van der Waals surface area contributed by atoms with Crippen molar-refractivity contribution in [3.8, 4) is 17.0 Å². The fourth-order valence-corrected chi connectivity index (χ4v) is 5.61. The number of anilines is 1. The largest absolute Gasteiger partial charge is 0.465 e. The van der Waals surface area contributed by atoms with Crippen LogP contribution in [0.4, 0.5) is 15.0 Å². The summed E-state index contributed by atoms with van der Waals surface area (Å²) in [6.07, 6.45) is 2.26. The van der Waals surface area contributed by atoms with Crippen LogP contribution in [0.2, 0.25) is 5.02 Å². The topological polar surface area (TPSA) is 88.0 Å². The molecule has 2 aliphatic heterocycles. The summed E-state index contributed by atoms with van der Waals surface area (Å²) in [4.78, 5) is 15.6. The summed E-state index contributed by atoms with van der Waals surface area (Å²) in [6.45, 7) is 3.92. The highest BCUT2D eigenvalue weighted by atomic mass is 35.5. The second-order valence-corrected chi connectivity index (χ2v) is 9.76. The van der Waals surface area contributed by atoms with Gasteiger partial charge >= 0.3 is 6.09 Å². The number of aromatic nitrogens is 2. The minimum atomic E-state index is -0.857. The van der Waals surface area contributed by atoms with Gasteiger partial charge in [-0.05, 0) is 63.8 Å². The van der Waals surface area contributed by atoms with Gasteiger partial charge in [0.15, 0.2) is 24.2 Å². The molecule has 8 nitrogen and oxygen atoms in total. The van der Waals surface area contributed by atoms with Crippen molar-refractivity contribution in [3.05, 3.63) is 35.1 Å². The molecule has 2 aromatic rings. The maximum atomic E-state index is 14.5. The Labute approximate surface area is 197 Å². The van der Waals surface area contributed by atoms with E-state index in [-0.39, 0.29) is 23.6 Å². The Morgan fingerprint density at radius 1 is 1.24 bits per heavy atom. The number of piperidine rings is 1. The molecule has 3 heterocycles. The lowest BCUT2D eigenvalue weighted by molar-refractivity contribution is 0.0131. The van der Waals surface area contributed by atoms with Crippen LogP contribution in [-0.2, 0) is 4.74 Å². The minimum Gasteiger partial charge on any atom is -0.465 e. The van der Waals surface area contributed by atoms with Crippen LogP contribution in [0.15, 0.2) is 24.3 Å². The van der Waals surface area contributed by atoms with E-state index < -0.39 is 23.0 Å². The SMILES string of the molecule is COCOc1c(-c2ccc(N(C)C3C[C@]4(C)CC[C@](C)(C3)N4C(=O)O)nn2)ccc(Cl)c1F. The normalized spacial score (nSPS) is 26.4. The number of hydrogen-bond acceptors (Lipinski definition) is 6. The Morgan fingerprint density at radius 3 is 2.45 bits per heavy atom. The molecule has 0 spiro atoms. The zero-order valence-corrected chi connectivity index (χ0v) is 19.9. The number of rotatable bonds is 6. The highest BCUT2D eigenvalue weighted by molar-refractivity contribution is 6.31. The first-order valence-corrected chi connectivity index (χ1v) is 11.2. The molecule has 2 bridgehead atoms. The summed E-state index contributed by atoms with van der Waals surface area (Å²) in [5.74, 6) is -0.0671. The van der Waals surface area contributed by atoms with E-state index in [0.29, 0.717) is 29.9 Å². The third-order valence-corrected chi connectivity index (χ3v) is 7.32. The molecular weight excluding hydrogens is 451 g/mol. The average molecular weight is 479 g/mol. The molecular formula is C23H28ClFN4O4. The zero-order valence-electron chi connectivity index (χ0n) is 19.1. The first-order valence-electron chi connectivity index (χ1n) is 10.8. The molecule has 1 unspecified atom stereocenters. The second-order valence-electron chi connectivity index (χ2n) is 9.35. The van der Waals surface area contributed by atoms with Gasteiger partial charge in [0, 0.05) is 36.8 Å². The Bertz CT molecular complexity index is 1040. The lowest BCUT2D eigenvalue weighted by atomic mass is 9.82. The molecule has 33 heavy (non-hydrogen) atoms. The lowest BCUT2D eigenvalue weighted by Crippen LogP contribution is -2.62. The van der Waals surface area contributed by atoms with Crippen LogP contribution in [-0.4, -0.2) is 64.4 Å². The van der Waals surface area contributed by atoms with E-state index in [4.69, 9.17) is 21.1 Å². The maximum Gasteiger partial charge on any atom is 0.408 e. The molecule has 2 fully saturated rings. The Kier molecular flexibility index (Phi) is 6.13. The third-order valence-electron chi connectivity index (χ3n) is 7.03. The predicted molar refractivity (Wildman–Crippen MR) is 122 cm³/mol. The van der Waals surface area contributed by atoms with Gasteiger partial charge in [-0.3, -0.25) is 4.90 Å². The molecule has 1 aromatic heterocycles. The maximum absolute atomic E-state index is 14.5. The van der Waals surface area contributed by atoms with E-state index in [2.05, 4.69) is 15.1 Å². The standard InChI is InChI=1S/C23H28ClFN4O4/c1-22-9-10-23(2,29(22)21(30)31)12-14(11-22)28(3)18-8-7-17(26-27-18)15-5-6-16(24)19(25)20(15)33-13-32-4/h5-8,14H,9-13H2,1-4H3,(H,30,31)/t14?,22-,23+. The Balaban J connectivity index is 1.58. The van der Waals surface area contributed by atoms with Gasteiger partial charge in [-0.2, -0.15) is 0 Å². The molecule has 1 N–H and O–H groups in total. The number of halogens is 2. The fraction of sp³-hybridized carbons (Fsp3) is 0.522. The number of nitrogens with zero attached hydrogens (tertiary/aromatic N) is 4. The van der Waals surface area contributed by atoms with Crippen LogP contribution in [0.1, 0.15) is 39.5 Å². The number of carboxylic acid groups (broad SMARTS) is 1. The molecule has 0 radical (unpaired) electrons. The number of benzene rings is 1. The highest BCUT2D eigenvalue weighted by Crippen LogP contribution is 2.51. The summed E-state index contributed by atoms with van der Waals surface area (Å²) < 4.78 is 24.8. The van der Waals surface area contributed by atoms with Crippen molar-refractivity contribution in [3.63, 3.8) is 0 Å². The number of hydrogen-bond donors (Lipinski definition) is 1. The van der Waals surface area contributed by atoms with Crippen molar-refractivity contribution in [2.45, 2.75) is 56.7 Å². The number of fused-ring (bicyclic) bond motifs is 2. The van der Waals surface area contributed by atoms with Crippen molar-refractivity contribution < 1.29 is 23.8 Å². The van der Waals surface area contributed by atoms with Crippen LogP contribution < -0.4 is 9.64 Å².